The molecule has 0 spiro atoms. The average Bonchev–Trinajstić information content (AvgIpc) is 2.84. The van der Waals surface area contributed by atoms with Gasteiger partial charge in [0.1, 0.15) is 6.61 Å². The van der Waals surface area contributed by atoms with Gasteiger partial charge in [-0.3, -0.25) is 5.32 Å². The molecule has 0 aliphatic carbocycles. The third-order valence-electron chi connectivity index (χ3n) is 2.44. The van der Waals surface area contributed by atoms with Crippen LogP contribution in [-0.2, 0) is 11.3 Å². The molecule has 0 unspecified atom stereocenters. The second-order valence-electron chi connectivity index (χ2n) is 4.03. The SMILES string of the molecule is Cc1nc(NC(=O)OCc2ccccc2)sc1SCC#N. The zero-order valence-electron chi connectivity index (χ0n) is 11.3. The Bertz CT molecular complexity index is 650. The van der Waals surface area contributed by atoms with Crippen molar-refractivity contribution in [2.75, 3.05) is 11.1 Å². The van der Waals surface area contributed by atoms with Crippen LogP contribution in [0.15, 0.2) is 34.5 Å². The summed E-state index contributed by atoms with van der Waals surface area (Å²) >= 11 is 2.75. The lowest BCUT2D eigenvalue weighted by Crippen LogP contribution is -2.13. The zero-order chi connectivity index (χ0) is 15.1. The molecule has 0 aliphatic rings. The highest BCUT2D eigenvalue weighted by Gasteiger charge is 2.11. The molecule has 0 aliphatic heterocycles. The van der Waals surface area contributed by atoms with Gasteiger partial charge in [-0.05, 0) is 12.5 Å². The van der Waals surface area contributed by atoms with Crippen molar-refractivity contribution in [3.05, 3.63) is 41.6 Å². The Morgan fingerprint density at radius 3 is 2.95 bits per heavy atom. The number of nitrogens with one attached hydrogen (secondary N) is 1. The summed E-state index contributed by atoms with van der Waals surface area (Å²) in [6.07, 6.45) is -0.538. The van der Waals surface area contributed by atoms with Crippen LogP contribution in [0.4, 0.5) is 9.93 Å². The van der Waals surface area contributed by atoms with Crippen LogP contribution < -0.4 is 5.32 Å². The Morgan fingerprint density at radius 1 is 1.48 bits per heavy atom. The number of thiazole rings is 1. The van der Waals surface area contributed by atoms with Gasteiger partial charge in [0.05, 0.1) is 21.7 Å². The highest BCUT2D eigenvalue weighted by atomic mass is 32.2. The molecular weight excluding hydrogens is 306 g/mol. The van der Waals surface area contributed by atoms with E-state index in [0.717, 1.165) is 15.5 Å². The largest absolute Gasteiger partial charge is 0.444 e. The molecule has 7 heteroatoms. The van der Waals surface area contributed by atoms with E-state index in [9.17, 15) is 4.79 Å². The molecule has 0 radical (unpaired) electrons. The van der Waals surface area contributed by atoms with E-state index in [1.165, 1.54) is 23.1 Å². The van der Waals surface area contributed by atoms with Crippen molar-refractivity contribution in [3.8, 4) is 6.07 Å². The maximum absolute atomic E-state index is 11.7. The van der Waals surface area contributed by atoms with Crippen LogP contribution in [0.25, 0.3) is 0 Å². The smallest absolute Gasteiger partial charge is 0.413 e. The summed E-state index contributed by atoms with van der Waals surface area (Å²) in [6, 6.07) is 11.5. The minimum absolute atomic E-state index is 0.215. The van der Waals surface area contributed by atoms with Gasteiger partial charge < -0.3 is 4.74 Å². The second-order valence-corrected chi connectivity index (χ2v) is 6.27. The molecule has 2 aromatic rings. The van der Waals surface area contributed by atoms with Crippen molar-refractivity contribution in [2.45, 2.75) is 17.7 Å². The number of rotatable bonds is 5. The molecule has 1 heterocycles. The first-order valence-electron chi connectivity index (χ1n) is 6.14. The first-order chi connectivity index (χ1) is 10.2. The average molecular weight is 319 g/mol. The van der Waals surface area contributed by atoms with Gasteiger partial charge in [-0.25, -0.2) is 9.78 Å². The van der Waals surface area contributed by atoms with Crippen molar-refractivity contribution in [2.24, 2.45) is 0 Å². The van der Waals surface area contributed by atoms with Crippen LogP contribution in [0, 0.1) is 18.3 Å². The summed E-state index contributed by atoms with van der Waals surface area (Å²) in [5.74, 6) is 0.362. The first-order valence-corrected chi connectivity index (χ1v) is 7.94. The second kappa shape index (κ2) is 7.67. The van der Waals surface area contributed by atoms with E-state index in [0.29, 0.717) is 10.9 Å². The summed E-state index contributed by atoms with van der Waals surface area (Å²) in [7, 11) is 0. The number of nitriles is 1. The molecule has 1 amide bonds. The van der Waals surface area contributed by atoms with E-state index in [4.69, 9.17) is 10.00 Å². The third-order valence-corrected chi connectivity index (χ3v) is 4.75. The monoisotopic (exact) mass is 319 g/mol. The van der Waals surface area contributed by atoms with Crippen molar-refractivity contribution in [3.63, 3.8) is 0 Å². The number of amides is 1. The highest BCUT2D eigenvalue weighted by molar-refractivity contribution is 8.01. The number of anilines is 1. The van der Waals surface area contributed by atoms with E-state index in [1.807, 2.05) is 37.3 Å². The quantitative estimate of drug-likeness (QED) is 0.848. The van der Waals surface area contributed by atoms with Crippen molar-refractivity contribution < 1.29 is 9.53 Å². The number of carbonyl (C=O) groups excluding carboxylic acids is 1. The molecule has 0 bridgehead atoms. The van der Waals surface area contributed by atoms with Gasteiger partial charge in [0.15, 0.2) is 5.13 Å². The number of nitrogens with zero attached hydrogens (tertiary/aromatic N) is 2. The number of ether oxygens (including phenoxy) is 1. The fourth-order valence-electron chi connectivity index (χ4n) is 1.51. The van der Waals surface area contributed by atoms with Gasteiger partial charge in [-0.1, -0.05) is 53.4 Å². The maximum Gasteiger partial charge on any atom is 0.413 e. The third kappa shape index (κ3) is 4.77. The minimum atomic E-state index is -0.538. The van der Waals surface area contributed by atoms with E-state index in [-0.39, 0.29) is 6.61 Å². The van der Waals surface area contributed by atoms with E-state index in [2.05, 4.69) is 16.4 Å². The topological polar surface area (TPSA) is 75.0 Å². The summed E-state index contributed by atoms with van der Waals surface area (Å²) in [6.45, 7) is 2.06. The summed E-state index contributed by atoms with van der Waals surface area (Å²) in [5, 5.41) is 11.7. The lowest BCUT2D eigenvalue weighted by Gasteiger charge is -2.04. The van der Waals surface area contributed by atoms with E-state index in [1.54, 1.807) is 0 Å². The van der Waals surface area contributed by atoms with Crippen molar-refractivity contribution >= 4 is 34.3 Å². The Hall–Kier alpha value is -2.04. The number of thioether (sulfide) groups is 1. The van der Waals surface area contributed by atoms with Gasteiger partial charge in [0, 0.05) is 0 Å². The van der Waals surface area contributed by atoms with Gasteiger partial charge in [-0.2, -0.15) is 5.26 Å². The van der Waals surface area contributed by atoms with Crippen LogP contribution in [0.1, 0.15) is 11.3 Å². The Balaban J connectivity index is 1.86. The predicted octanol–water partition coefficient (Wildman–Crippen LogP) is 3.82. The van der Waals surface area contributed by atoms with Crippen molar-refractivity contribution in [1.29, 1.82) is 5.26 Å². The molecule has 0 atom stereocenters. The molecule has 1 aromatic heterocycles. The fraction of sp³-hybridized carbons (Fsp3) is 0.214. The normalized spacial score (nSPS) is 9.90. The van der Waals surface area contributed by atoms with Crippen LogP contribution in [0.3, 0.4) is 0 Å². The van der Waals surface area contributed by atoms with E-state index < -0.39 is 6.09 Å². The minimum Gasteiger partial charge on any atom is -0.444 e. The first kappa shape index (κ1) is 15.4. The maximum atomic E-state index is 11.7. The molecule has 108 valence electrons. The molecule has 2 rings (SSSR count). The molecule has 0 fully saturated rings. The van der Waals surface area contributed by atoms with Gasteiger partial charge in [0.25, 0.3) is 0 Å². The molecule has 0 saturated carbocycles. The molecule has 5 nitrogen and oxygen atoms in total. The van der Waals surface area contributed by atoms with Crippen LogP contribution >= 0.6 is 23.1 Å². The summed E-state index contributed by atoms with van der Waals surface area (Å²) in [5.41, 5.74) is 1.73. The van der Waals surface area contributed by atoms with Gasteiger partial charge in [-0.15, -0.1) is 0 Å². The Kier molecular flexibility index (Phi) is 5.60. The molecular formula is C14H13N3O2S2. The molecule has 21 heavy (non-hydrogen) atoms. The fourth-order valence-corrected chi connectivity index (χ4v) is 3.30. The number of aromatic nitrogens is 1. The number of benzene rings is 1. The van der Waals surface area contributed by atoms with Crippen LogP contribution in [-0.4, -0.2) is 16.8 Å². The number of carbonyl (C=O) groups is 1. The van der Waals surface area contributed by atoms with Gasteiger partial charge >= 0.3 is 6.09 Å². The molecule has 0 saturated heterocycles. The Labute approximate surface area is 131 Å². The van der Waals surface area contributed by atoms with Crippen molar-refractivity contribution in [1.82, 2.24) is 4.98 Å². The molecule has 1 aromatic carbocycles. The van der Waals surface area contributed by atoms with Crippen LogP contribution in [0.2, 0.25) is 0 Å². The zero-order valence-corrected chi connectivity index (χ0v) is 13.0. The van der Waals surface area contributed by atoms with Crippen LogP contribution in [0.5, 0.6) is 0 Å². The Morgan fingerprint density at radius 2 is 2.24 bits per heavy atom. The lowest BCUT2D eigenvalue weighted by molar-refractivity contribution is 0.155. The standard InChI is InChI=1S/C14H13N3O2S2/c1-10-12(20-8-7-15)21-13(16-10)17-14(18)19-9-11-5-3-2-4-6-11/h2-6H,8-9H2,1H3,(H,16,17,18). The number of hydrogen-bond acceptors (Lipinski definition) is 6. The lowest BCUT2D eigenvalue weighted by atomic mass is 10.2. The molecule has 1 N–H and O–H groups in total. The predicted molar refractivity (Wildman–Crippen MR) is 83.4 cm³/mol. The highest BCUT2D eigenvalue weighted by Crippen LogP contribution is 2.31. The van der Waals surface area contributed by atoms with E-state index >= 15 is 0 Å². The summed E-state index contributed by atoms with van der Waals surface area (Å²) in [4.78, 5) is 15.9. The van der Waals surface area contributed by atoms with Gasteiger partial charge in [0.2, 0.25) is 0 Å². The summed E-state index contributed by atoms with van der Waals surface area (Å²) < 4.78 is 6.05. The number of aryl methyl sites for hydroxylation is 1. The number of hydrogen-bond donors (Lipinski definition) is 1.